The molecule has 162 valence electrons. The van der Waals surface area contributed by atoms with Gasteiger partial charge in [-0.3, -0.25) is 4.79 Å². The van der Waals surface area contributed by atoms with Crippen LogP contribution in [0.15, 0.2) is 52.2 Å². The summed E-state index contributed by atoms with van der Waals surface area (Å²) in [6, 6.07) is 14.4. The summed E-state index contributed by atoms with van der Waals surface area (Å²) in [4.78, 5) is 21.7. The van der Waals surface area contributed by atoms with Gasteiger partial charge in [0.2, 0.25) is 5.91 Å². The molecule has 1 saturated heterocycles. The van der Waals surface area contributed by atoms with E-state index < -0.39 is 0 Å². The molecule has 0 saturated carbocycles. The Morgan fingerprint density at radius 2 is 1.94 bits per heavy atom. The lowest BCUT2D eigenvalue weighted by Gasteiger charge is -2.36. The molecule has 0 atom stereocenters. The van der Waals surface area contributed by atoms with Crippen LogP contribution in [-0.4, -0.2) is 42.0 Å². The average Bonchev–Trinajstić information content (AvgIpc) is 3.21. The monoisotopic (exact) mass is 471 g/mol. The lowest BCUT2D eigenvalue weighted by Crippen LogP contribution is -2.49. The number of carbonyl (C=O) groups is 1. The van der Waals surface area contributed by atoms with Crippen LogP contribution in [-0.2, 0) is 17.0 Å². The molecule has 31 heavy (non-hydrogen) atoms. The maximum atomic E-state index is 12.8. The molecule has 1 aromatic heterocycles. The molecule has 1 amide bonds. The molecule has 3 aromatic rings. The summed E-state index contributed by atoms with van der Waals surface area (Å²) < 4.78 is 1.02. The van der Waals surface area contributed by atoms with Gasteiger partial charge in [-0.25, -0.2) is 4.98 Å². The lowest BCUT2D eigenvalue weighted by molar-refractivity contribution is -0.130. The molecule has 0 N–H and O–H groups in total. The molecule has 0 spiro atoms. The second-order valence-electron chi connectivity index (χ2n) is 7.85. The molecule has 2 aromatic carbocycles. The molecule has 0 aliphatic carbocycles. The van der Waals surface area contributed by atoms with Gasteiger partial charge < -0.3 is 9.80 Å². The van der Waals surface area contributed by atoms with Crippen LogP contribution >= 0.6 is 34.7 Å². The Kier molecular flexibility index (Phi) is 7.20. The standard InChI is InChI=1S/C24H26ClN3OS2/c1-17-6-7-18(2)19(12-17)15-30-24-26-21(16-31-24)14-23(29)28-10-8-27(9-11-28)22-5-3-4-20(25)13-22/h3-7,12-13,16H,8-11,14-15H2,1-2H3. The molecular weight excluding hydrogens is 446 g/mol. The lowest BCUT2D eigenvalue weighted by atomic mass is 10.1. The molecule has 0 unspecified atom stereocenters. The van der Waals surface area contributed by atoms with E-state index >= 15 is 0 Å². The number of halogens is 1. The van der Waals surface area contributed by atoms with Gasteiger partial charge in [-0.05, 0) is 43.2 Å². The fourth-order valence-electron chi connectivity index (χ4n) is 3.68. The zero-order chi connectivity index (χ0) is 21.8. The van der Waals surface area contributed by atoms with E-state index in [9.17, 15) is 4.79 Å². The third-order valence-electron chi connectivity index (χ3n) is 5.52. The molecular formula is C24H26ClN3OS2. The van der Waals surface area contributed by atoms with Crippen molar-refractivity contribution in [3.63, 3.8) is 0 Å². The fourth-order valence-corrected chi connectivity index (χ4v) is 5.78. The highest BCUT2D eigenvalue weighted by atomic mass is 35.5. The number of aryl methyl sites for hydroxylation is 2. The molecule has 4 nitrogen and oxygen atoms in total. The van der Waals surface area contributed by atoms with Crippen LogP contribution in [0.2, 0.25) is 5.02 Å². The fraction of sp³-hybridized carbons (Fsp3) is 0.333. The molecule has 7 heteroatoms. The third-order valence-corrected chi connectivity index (χ3v) is 7.88. The third kappa shape index (κ3) is 5.82. The minimum atomic E-state index is 0.155. The van der Waals surface area contributed by atoms with Crippen LogP contribution in [0.5, 0.6) is 0 Å². The van der Waals surface area contributed by atoms with Crippen LogP contribution in [0, 0.1) is 13.8 Å². The van der Waals surface area contributed by atoms with Crippen molar-refractivity contribution in [1.82, 2.24) is 9.88 Å². The topological polar surface area (TPSA) is 36.4 Å². The van der Waals surface area contributed by atoms with Crippen molar-refractivity contribution in [3.05, 3.63) is 75.3 Å². The number of thioether (sulfide) groups is 1. The molecule has 0 radical (unpaired) electrons. The summed E-state index contributed by atoms with van der Waals surface area (Å²) in [5.74, 6) is 1.06. The number of carbonyl (C=O) groups excluding carboxylic acids is 1. The van der Waals surface area contributed by atoms with Crippen molar-refractivity contribution in [3.8, 4) is 0 Å². The van der Waals surface area contributed by atoms with Gasteiger partial charge in [0.05, 0.1) is 12.1 Å². The average molecular weight is 472 g/mol. The molecule has 0 bridgehead atoms. The van der Waals surface area contributed by atoms with Crippen LogP contribution in [0.25, 0.3) is 0 Å². The first kappa shape index (κ1) is 22.2. The predicted octanol–water partition coefficient (Wildman–Crippen LogP) is 5.60. The second-order valence-corrected chi connectivity index (χ2v) is 10.4. The second kappa shape index (κ2) is 10.1. The summed E-state index contributed by atoms with van der Waals surface area (Å²) >= 11 is 9.48. The highest BCUT2D eigenvalue weighted by Gasteiger charge is 2.22. The summed E-state index contributed by atoms with van der Waals surface area (Å²) in [7, 11) is 0. The van der Waals surface area contributed by atoms with Gasteiger partial charge in [0.15, 0.2) is 0 Å². The van der Waals surface area contributed by atoms with Crippen LogP contribution in [0.1, 0.15) is 22.4 Å². The van der Waals surface area contributed by atoms with Crippen molar-refractivity contribution in [2.45, 2.75) is 30.4 Å². The summed E-state index contributed by atoms with van der Waals surface area (Å²) in [5.41, 5.74) is 5.92. The molecule has 2 heterocycles. The van der Waals surface area contributed by atoms with Gasteiger partial charge in [-0.1, -0.05) is 53.2 Å². The van der Waals surface area contributed by atoms with E-state index in [-0.39, 0.29) is 5.91 Å². The van der Waals surface area contributed by atoms with E-state index in [1.54, 1.807) is 23.1 Å². The van der Waals surface area contributed by atoms with Crippen molar-refractivity contribution in [1.29, 1.82) is 0 Å². The van der Waals surface area contributed by atoms with E-state index in [0.29, 0.717) is 6.42 Å². The first-order valence-corrected chi connectivity index (χ1v) is 12.6. The van der Waals surface area contributed by atoms with Crippen molar-refractivity contribution < 1.29 is 4.79 Å². The number of piperazine rings is 1. The Bertz CT molecular complexity index is 1060. The predicted molar refractivity (Wildman–Crippen MR) is 132 cm³/mol. The summed E-state index contributed by atoms with van der Waals surface area (Å²) in [6.45, 7) is 7.36. The van der Waals surface area contributed by atoms with Crippen LogP contribution in [0.4, 0.5) is 5.69 Å². The van der Waals surface area contributed by atoms with Crippen molar-refractivity contribution in [2.75, 3.05) is 31.1 Å². The number of amides is 1. The number of hydrogen-bond donors (Lipinski definition) is 0. The Hall–Kier alpha value is -2.02. The molecule has 1 aliphatic heterocycles. The normalized spacial score (nSPS) is 14.2. The minimum absolute atomic E-state index is 0.155. The van der Waals surface area contributed by atoms with Crippen LogP contribution in [0.3, 0.4) is 0 Å². The minimum Gasteiger partial charge on any atom is -0.368 e. The van der Waals surface area contributed by atoms with Gasteiger partial charge >= 0.3 is 0 Å². The van der Waals surface area contributed by atoms with Gasteiger partial charge in [-0.15, -0.1) is 11.3 Å². The largest absolute Gasteiger partial charge is 0.368 e. The first-order valence-electron chi connectivity index (χ1n) is 10.4. The van der Waals surface area contributed by atoms with Gasteiger partial charge in [0.1, 0.15) is 4.34 Å². The smallest absolute Gasteiger partial charge is 0.228 e. The van der Waals surface area contributed by atoms with Crippen molar-refractivity contribution >= 4 is 46.3 Å². The first-order chi connectivity index (χ1) is 15.0. The maximum absolute atomic E-state index is 12.8. The molecule has 1 fully saturated rings. The van der Waals surface area contributed by atoms with Crippen LogP contribution < -0.4 is 4.90 Å². The molecule has 4 rings (SSSR count). The number of aromatic nitrogens is 1. The van der Waals surface area contributed by atoms with E-state index in [4.69, 9.17) is 16.6 Å². The highest BCUT2D eigenvalue weighted by Crippen LogP contribution is 2.28. The number of thiazole rings is 1. The van der Waals surface area contributed by atoms with E-state index in [1.807, 2.05) is 28.5 Å². The van der Waals surface area contributed by atoms with Gasteiger partial charge in [-0.2, -0.15) is 0 Å². The number of rotatable bonds is 6. The quantitative estimate of drug-likeness (QED) is 0.438. The Morgan fingerprint density at radius 3 is 2.71 bits per heavy atom. The van der Waals surface area contributed by atoms with E-state index in [1.165, 1.54) is 16.7 Å². The number of hydrogen-bond acceptors (Lipinski definition) is 5. The Morgan fingerprint density at radius 1 is 1.13 bits per heavy atom. The zero-order valence-electron chi connectivity index (χ0n) is 17.8. The van der Waals surface area contributed by atoms with E-state index in [2.05, 4.69) is 43.0 Å². The van der Waals surface area contributed by atoms with E-state index in [0.717, 1.165) is 52.7 Å². The van der Waals surface area contributed by atoms with Gasteiger partial charge in [0, 0.05) is 48.0 Å². The zero-order valence-corrected chi connectivity index (χ0v) is 20.2. The number of nitrogens with zero attached hydrogens (tertiary/aromatic N) is 3. The highest BCUT2D eigenvalue weighted by molar-refractivity contribution is 8.00. The van der Waals surface area contributed by atoms with Gasteiger partial charge in [0.25, 0.3) is 0 Å². The number of anilines is 1. The molecule has 1 aliphatic rings. The number of benzene rings is 2. The Balaban J connectivity index is 1.28. The summed E-state index contributed by atoms with van der Waals surface area (Å²) in [5, 5.41) is 2.76. The Labute approximate surface area is 197 Å². The van der Waals surface area contributed by atoms with Crippen molar-refractivity contribution in [2.24, 2.45) is 0 Å². The SMILES string of the molecule is Cc1ccc(C)c(CSc2nc(CC(=O)N3CCN(c4cccc(Cl)c4)CC3)cs2)c1. The summed E-state index contributed by atoms with van der Waals surface area (Å²) in [6.07, 6.45) is 0.373. The maximum Gasteiger partial charge on any atom is 0.228 e.